The fourth-order valence-electron chi connectivity index (χ4n) is 4.22. The zero-order valence-corrected chi connectivity index (χ0v) is 19.1. The van der Waals surface area contributed by atoms with E-state index < -0.39 is 0 Å². The number of rotatable bonds is 6. The number of likely N-dealkylation sites (N-methyl/N-ethyl adjacent to an activating group) is 1. The highest BCUT2D eigenvalue weighted by Crippen LogP contribution is 2.34. The number of ether oxygens (including phenoxy) is 1. The van der Waals surface area contributed by atoms with Crippen molar-refractivity contribution in [1.82, 2.24) is 19.9 Å². The van der Waals surface area contributed by atoms with Gasteiger partial charge in [-0.1, -0.05) is 5.92 Å². The number of aromatic nitrogens is 3. The lowest BCUT2D eigenvalue weighted by atomic mass is 9.93. The molecule has 33 heavy (non-hydrogen) atoms. The fraction of sp³-hybridized carbons (Fsp3) is 0.400. The molecular weight excluding hydrogens is 414 g/mol. The van der Waals surface area contributed by atoms with Crippen LogP contribution in [-0.2, 0) is 0 Å². The molecule has 0 unspecified atom stereocenters. The fourth-order valence-corrected chi connectivity index (χ4v) is 4.22. The molecule has 0 atom stereocenters. The number of benzene rings is 1. The molecule has 1 saturated heterocycles. The highest BCUT2D eigenvalue weighted by atomic mass is 16.5. The van der Waals surface area contributed by atoms with Crippen LogP contribution in [0.25, 0.3) is 11.0 Å². The molecule has 2 N–H and O–H groups in total. The second kappa shape index (κ2) is 9.12. The Bertz CT molecular complexity index is 1190. The van der Waals surface area contributed by atoms with E-state index in [4.69, 9.17) is 11.2 Å². The van der Waals surface area contributed by atoms with Gasteiger partial charge < -0.3 is 25.2 Å². The van der Waals surface area contributed by atoms with E-state index in [1.54, 1.807) is 19.4 Å². The van der Waals surface area contributed by atoms with E-state index in [9.17, 15) is 0 Å². The first kappa shape index (κ1) is 21.3. The Morgan fingerprint density at radius 2 is 1.94 bits per heavy atom. The molecule has 1 aromatic carbocycles. The van der Waals surface area contributed by atoms with Gasteiger partial charge >= 0.3 is 0 Å². The predicted octanol–water partition coefficient (Wildman–Crippen LogP) is 3.47. The molecule has 1 aliphatic heterocycles. The molecule has 8 heteroatoms. The average molecular weight is 444 g/mol. The Labute approximate surface area is 194 Å². The minimum absolute atomic E-state index is 0.434. The minimum Gasteiger partial charge on any atom is -0.481 e. The maximum Gasteiger partial charge on any atom is 0.229 e. The zero-order chi connectivity index (χ0) is 22.8. The van der Waals surface area contributed by atoms with Gasteiger partial charge in [-0.15, -0.1) is 6.42 Å². The summed E-state index contributed by atoms with van der Waals surface area (Å²) in [6.07, 6.45) is 11.1. The third-order valence-electron chi connectivity index (χ3n) is 6.47. The van der Waals surface area contributed by atoms with Crippen LogP contribution < -0.4 is 20.3 Å². The van der Waals surface area contributed by atoms with Gasteiger partial charge in [0.1, 0.15) is 0 Å². The molecule has 2 fully saturated rings. The molecule has 3 aromatic rings. The van der Waals surface area contributed by atoms with Crippen LogP contribution in [0.4, 0.5) is 23.0 Å². The van der Waals surface area contributed by atoms with Crippen molar-refractivity contribution in [1.29, 1.82) is 0 Å². The molecule has 0 amide bonds. The molecule has 3 heterocycles. The van der Waals surface area contributed by atoms with E-state index in [0.717, 1.165) is 42.9 Å². The van der Waals surface area contributed by atoms with Crippen LogP contribution in [0.15, 0.2) is 30.5 Å². The number of piperazine rings is 1. The van der Waals surface area contributed by atoms with Gasteiger partial charge in [-0.3, -0.25) is 0 Å². The summed E-state index contributed by atoms with van der Waals surface area (Å²) in [5.74, 6) is 3.55. The molecular formula is C25H29N7O. The molecule has 5 rings (SSSR count). The van der Waals surface area contributed by atoms with Crippen molar-refractivity contribution in [3.63, 3.8) is 0 Å². The zero-order valence-electron chi connectivity index (χ0n) is 19.1. The molecule has 1 saturated carbocycles. The number of hydrogen-bond donors (Lipinski definition) is 2. The van der Waals surface area contributed by atoms with Crippen LogP contribution in [-0.4, -0.2) is 66.2 Å². The van der Waals surface area contributed by atoms with Gasteiger partial charge in [-0.05, 0) is 44.5 Å². The van der Waals surface area contributed by atoms with E-state index in [0.29, 0.717) is 29.1 Å². The van der Waals surface area contributed by atoms with Gasteiger partial charge in [0.25, 0.3) is 0 Å². The number of nitrogens with zero attached hydrogens (tertiary/aromatic N) is 5. The first-order valence-electron chi connectivity index (χ1n) is 11.4. The maximum atomic E-state index is 5.64. The second-order valence-corrected chi connectivity index (χ2v) is 8.71. The number of terminal acetylenes is 1. The van der Waals surface area contributed by atoms with E-state index in [1.165, 1.54) is 24.9 Å². The molecule has 0 spiro atoms. The van der Waals surface area contributed by atoms with Gasteiger partial charge in [0.05, 0.1) is 23.9 Å². The molecule has 2 aliphatic rings. The monoisotopic (exact) mass is 443 g/mol. The summed E-state index contributed by atoms with van der Waals surface area (Å²) in [7, 11) is 3.74. The Morgan fingerprint density at radius 3 is 2.64 bits per heavy atom. The minimum atomic E-state index is 0.434. The molecule has 0 radical (unpaired) electrons. The summed E-state index contributed by atoms with van der Waals surface area (Å²) in [4.78, 5) is 18.3. The molecule has 2 aromatic heterocycles. The van der Waals surface area contributed by atoms with Crippen molar-refractivity contribution in [2.45, 2.75) is 25.3 Å². The Morgan fingerprint density at radius 1 is 1.12 bits per heavy atom. The van der Waals surface area contributed by atoms with Crippen LogP contribution in [0, 0.1) is 12.3 Å². The first-order valence-corrected chi connectivity index (χ1v) is 11.4. The van der Waals surface area contributed by atoms with Gasteiger partial charge in [0.15, 0.2) is 5.65 Å². The van der Waals surface area contributed by atoms with Crippen molar-refractivity contribution >= 4 is 34.0 Å². The number of anilines is 4. The highest BCUT2D eigenvalue weighted by molar-refractivity contribution is 5.83. The lowest BCUT2D eigenvalue weighted by Crippen LogP contribution is -2.44. The van der Waals surface area contributed by atoms with E-state index in [1.807, 2.05) is 0 Å². The number of pyridine rings is 1. The molecule has 170 valence electrons. The first-order chi connectivity index (χ1) is 16.1. The topological polar surface area (TPSA) is 78.4 Å². The largest absolute Gasteiger partial charge is 0.481 e. The summed E-state index contributed by atoms with van der Waals surface area (Å²) < 4.78 is 5.27. The highest BCUT2D eigenvalue weighted by Gasteiger charge is 2.22. The molecule has 1 aliphatic carbocycles. The van der Waals surface area contributed by atoms with Gasteiger partial charge in [-0.2, -0.15) is 9.97 Å². The van der Waals surface area contributed by atoms with E-state index in [-0.39, 0.29) is 0 Å². The summed E-state index contributed by atoms with van der Waals surface area (Å²) in [5.41, 5.74) is 4.50. The van der Waals surface area contributed by atoms with Crippen molar-refractivity contribution in [2.24, 2.45) is 0 Å². The summed E-state index contributed by atoms with van der Waals surface area (Å²) in [6, 6.07) is 8.69. The van der Waals surface area contributed by atoms with Crippen molar-refractivity contribution in [2.75, 3.05) is 55.9 Å². The van der Waals surface area contributed by atoms with Crippen LogP contribution in [0.2, 0.25) is 0 Å². The van der Waals surface area contributed by atoms with E-state index in [2.05, 4.69) is 66.6 Å². The number of fused-ring (bicyclic) bond motifs is 1. The van der Waals surface area contributed by atoms with Gasteiger partial charge in [0, 0.05) is 55.7 Å². The van der Waals surface area contributed by atoms with Crippen molar-refractivity contribution in [3.05, 3.63) is 36.0 Å². The van der Waals surface area contributed by atoms with Crippen LogP contribution in [0.3, 0.4) is 0 Å². The standard InChI is InChI=1S/C25H29N7O/c1-4-17-14-23(33-3)29-24-20(17)16-26-25(30-24)28-19-8-9-22(32-12-10-31(2)11-13-32)21(15-19)27-18-6-5-7-18/h1,8-9,14-16,18,27H,5-7,10-13H2,2-3H3,(H,26,28,29,30). The Balaban J connectivity index is 1.43. The Hall–Kier alpha value is -3.57. The van der Waals surface area contributed by atoms with Crippen LogP contribution in [0.1, 0.15) is 24.8 Å². The predicted molar refractivity (Wildman–Crippen MR) is 133 cm³/mol. The number of nitrogens with one attached hydrogen (secondary N) is 2. The van der Waals surface area contributed by atoms with Gasteiger partial charge in [0.2, 0.25) is 11.8 Å². The number of hydrogen-bond acceptors (Lipinski definition) is 8. The average Bonchev–Trinajstić information content (AvgIpc) is 2.81. The summed E-state index contributed by atoms with van der Waals surface area (Å²) >= 11 is 0. The third-order valence-corrected chi connectivity index (χ3v) is 6.47. The third kappa shape index (κ3) is 4.50. The lowest BCUT2D eigenvalue weighted by Gasteiger charge is -2.37. The van der Waals surface area contributed by atoms with Gasteiger partial charge in [-0.25, -0.2) is 4.98 Å². The normalized spacial score (nSPS) is 16.8. The lowest BCUT2D eigenvalue weighted by molar-refractivity contribution is 0.313. The van der Waals surface area contributed by atoms with Crippen LogP contribution >= 0.6 is 0 Å². The summed E-state index contributed by atoms with van der Waals surface area (Å²) in [6.45, 7) is 4.21. The number of methoxy groups -OCH3 is 1. The smallest absolute Gasteiger partial charge is 0.229 e. The van der Waals surface area contributed by atoms with Crippen LogP contribution in [0.5, 0.6) is 5.88 Å². The molecule has 0 bridgehead atoms. The maximum absolute atomic E-state index is 5.64. The van der Waals surface area contributed by atoms with Crippen molar-refractivity contribution < 1.29 is 4.74 Å². The SMILES string of the molecule is C#Cc1cc(OC)nc2nc(Nc3ccc(N4CCN(C)CC4)c(NC4CCC4)c3)ncc12. The van der Waals surface area contributed by atoms with E-state index >= 15 is 0 Å². The quantitative estimate of drug-likeness (QED) is 0.561. The summed E-state index contributed by atoms with van der Waals surface area (Å²) in [5, 5.41) is 7.81. The molecule has 8 nitrogen and oxygen atoms in total. The van der Waals surface area contributed by atoms with Crippen molar-refractivity contribution in [3.8, 4) is 18.2 Å². The second-order valence-electron chi connectivity index (χ2n) is 8.71. The Kier molecular flexibility index (Phi) is 5.88.